The standard InChI is InChI=1S/C8H19N3O3S/c1-8(2,9-3)7(12)11-5-6-15(13,14)10-4/h9-10H,5-6H2,1-4H3,(H,11,12). The topological polar surface area (TPSA) is 87.3 Å². The van der Waals surface area contributed by atoms with Crippen LogP contribution in [0.15, 0.2) is 0 Å². The Labute approximate surface area is 90.9 Å². The summed E-state index contributed by atoms with van der Waals surface area (Å²) in [7, 11) is -0.240. The lowest BCUT2D eigenvalue weighted by molar-refractivity contribution is -0.126. The number of amides is 1. The summed E-state index contributed by atoms with van der Waals surface area (Å²) in [6.45, 7) is 3.54. The summed E-state index contributed by atoms with van der Waals surface area (Å²) < 4.78 is 24.2. The highest BCUT2D eigenvalue weighted by atomic mass is 32.2. The molecule has 0 atom stereocenters. The Morgan fingerprint density at radius 2 is 1.80 bits per heavy atom. The third-order valence-corrected chi connectivity index (χ3v) is 3.52. The zero-order valence-electron chi connectivity index (χ0n) is 9.55. The molecule has 0 aliphatic heterocycles. The van der Waals surface area contributed by atoms with Crippen LogP contribution in [-0.4, -0.2) is 46.3 Å². The zero-order valence-corrected chi connectivity index (χ0v) is 10.4. The number of carbonyl (C=O) groups is 1. The van der Waals surface area contributed by atoms with Gasteiger partial charge in [0.1, 0.15) is 0 Å². The van der Waals surface area contributed by atoms with E-state index in [4.69, 9.17) is 0 Å². The normalized spacial score (nSPS) is 12.5. The Kier molecular flexibility index (Phi) is 5.19. The summed E-state index contributed by atoms with van der Waals surface area (Å²) in [6, 6.07) is 0. The molecular weight excluding hydrogens is 218 g/mol. The van der Waals surface area contributed by atoms with E-state index in [1.807, 2.05) is 0 Å². The molecule has 15 heavy (non-hydrogen) atoms. The molecule has 0 saturated heterocycles. The maximum atomic E-state index is 11.5. The third-order valence-electron chi connectivity index (χ3n) is 2.16. The van der Waals surface area contributed by atoms with Gasteiger partial charge in [-0.05, 0) is 27.9 Å². The number of hydrogen-bond acceptors (Lipinski definition) is 4. The van der Waals surface area contributed by atoms with Crippen LogP contribution in [-0.2, 0) is 14.8 Å². The van der Waals surface area contributed by atoms with Crippen molar-refractivity contribution in [2.24, 2.45) is 0 Å². The molecule has 0 aromatic rings. The first-order chi connectivity index (χ1) is 6.75. The van der Waals surface area contributed by atoms with Gasteiger partial charge in [0.25, 0.3) is 0 Å². The third kappa shape index (κ3) is 5.10. The average molecular weight is 237 g/mol. The zero-order chi connectivity index (χ0) is 12.1. The second-order valence-corrected chi connectivity index (χ2v) is 5.70. The Balaban J connectivity index is 4.04. The molecule has 1 amide bonds. The van der Waals surface area contributed by atoms with Crippen LogP contribution in [0.4, 0.5) is 0 Å². The van der Waals surface area contributed by atoms with E-state index < -0.39 is 15.6 Å². The molecule has 7 heteroatoms. The van der Waals surface area contributed by atoms with E-state index in [-0.39, 0.29) is 18.2 Å². The predicted octanol–water partition coefficient (Wildman–Crippen LogP) is -1.35. The van der Waals surface area contributed by atoms with Crippen LogP contribution in [0, 0.1) is 0 Å². The van der Waals surface area contributed by atoms with Crippen LogP contribution in [0.5, 0.6) is 0 Å². The van der Waals surface area contributed by atoms with Gasteiger partial charge < -0.3 is 10.6 Å². The summed E-state index contributed by atoms with van der Waals surface area (Å²) in [5.74, 6) is -0.342. The van der Waals surface area contributed by atoms with Crippen molar-refractivity contribution in [1.29, 1.82) is 0 Å². The molecule has 0 aromatic carbocycles. The van der Waals surface area contributed by atoms with Crippen LogP contribution < -0.4 is 15.4 Å². The highest BCUT2D eigenvalue weighted by Gasteiger charge is 2.24. The lowest BCUT2D eigenvalue weighted by Crippen LogP contribution is -2.52. The van der Waals surface area contributed by atoms with Crippen LogP contribution in [0.2, 0.25) is 0 Å². The fraction of sp³-hybridized carbons (Fsp3) is 0.875. The summed E-state index contributed by atoms with van der Waals surface area (Å²) in [5, 5.41) is 5.37. The molecular formula is C8H19N3O3S. The van der Waals surface area contributed by atoms with Crippen LogP contribution in [0.25, 0.3) is 0 Å². The summed E-state index contributed by atoms with van der Waals surface area (Å²) in [5.41, 5.74) is -0.691. The number of sulfonamides is 1. The van der Waals surface area contributed by atoms with Crippen molar-refractivity contribution in [3.05, 3.63) is 0 Å². The average Bonchev–Trinajstić information content (AvgIpc) is 2.17. The highest BCUT2D eigenvalue weighted by molar-refractivity contribution is 7.89. The Morgan fingerprint density at radius 1 is 1.27 bits per heavy atom. The first kappa shape index (κ1) is 14.3. The SMILES string of the molecule is CNC(C)(C)C(=O)NCCS(=O)(=O)NC. The van der Waals surface area contributed by atoms with Crippen molar-refractivity contribution in [2.75, 3.05) is 26.4 Å². The van der Waals surface area contributed by atoms with Gasteiger partial charge >= 0.3 is 0 Å². The Bertz CT molecular complexity index is 311. The molecule has 0 aromatic heterocycles. The molecule has 0 bridgehead atoms. The van der Waals surface area contributed by atoms with Gasteiger partial charge in [-0.25, -0.2) is 13.1 Å². The Morgan fingerprint density at radius 3 is 2.20 bits per heavy atom. The molecule has 0 saturated carbocycles. The van der Waals surface area contributed by atoms with Gasteiger partial charge in [-0.2, -0.15) is 0 Å². The van der Waals surface area contributed by atoms with Crippen molar-refractivity contribution < 1.29 is 13.2 Å². The molecule has 90 valence electrons. The van der Waals surface area contributed by atoms with Gasteiger partial charge in [0, 0.05) is 6.54 Å². The number of rotatable bonds is 6. The molecule has 0 unspecified atom stereocenters. The molecule has 0 spiro atoms. The maximum absolute atomic E-state index is 11.5. The van der Waals surface area contributed by atoms with Crippen LogP contribution in [0.3, 0.4) is 0 Å². The van der Waals surface area contributed by atoms with Crippen LogP contribution >= 0.6 is 0 Å². The first-order valence-corrected chi connectivity index (χ1v) is 6.29. The minimum atomic E-state index is -3.25. The highest BCUT2D eigenvalue weighted by Crippen LogP contribution is 1.99. The fourth-order valence-corrected chi connectivity index (χ4v) is 1.31. The fourth-order valence-electron chi connectivity index (χ4n) is 0.735. The van der Waals surface area contributed by atoms with Crippen molar-refractivity contribution in [2.45, 2.75) is 19.4 Å². The molecule has 0 rings (SSSR count). The van der Waals surface area contributed by atoms with Crippen LogP contribution in [0.1, 0.15) is 13.8 Å². The van der Waals surface area contributed by atoms with E-state index >= 15 is 0 Å². The predicted molar refractivity (Wildman–Crippen MR) is 59.0 cm³/mol. The molecule has 0 fully saturated rings. The lowest BCUT2D eigenvalue weighted by atomic mass is 10.1. The minimum Gasteiger partial charge on any atom is -0.353 e. The summed E-state index contributed by atoms with van der Waals surface area (Å²) in [4.78, 5) is 11.5. The minimum absolute atomic E-state index is 0.104. The van der Waals surface area contributed by atoms with E-state index in [0.29, 0.717) is 0 Å². The van der Waals surface area contributed by atoms with E-state index in [1.165, 1.54) is 7.05 Å². The molecule has 0 radical (unpaired) electrons. The maximum Gasteiger partial charge on any atom is 0.239 e. The molecule has 0 heterocycles. The van der Waals surface area contributed by atoms with Gasteiger partial charge in [0.05, 0.1) is 11.3 Å². The van der Waals surface area contributed by atoms with Gasteiger partial charge in [-0.3, -0.25) is 4.79 Å². The van der Waals surface area contributed by atoms with Crippen molar-refractivity contribution in [1.82, 2.24) is 15.4 Å². The largest absolute Gasteiger partial charge is 0.353 e. The van der Waals surface area contributed by atoms with Gasteiger partial charge in [-0.1, -0.05) is 0 Å². The lowest BCUT2D eigenvalue weighted by Gasteiger charge is -2.22. The number of hydrogen-bond donors (Lipinski definition) is 3. The molecule has 3 N–H and O–H groups in total. The number of carbonyl (C=O) groups excluding carboxylic acids is 1. The second-order valence-electron chi connectivity index (χ2n) is 3.65. The second kappa shape index (κ2) is 5.43. The van der Waals surface area contributed by atoms with E-state index in [9.17, 15) is 13.2 Å². The van der Waals surface area contributed by atoms with Gasteiger partial charge in [-0.15, -0.1) is 0 Å². The van der Waals surface area contributed by atoms with E-state index in [0.717, 1.165) is 0 Å². The number of nitrogens with one attached hydrogen (secondary N) is 3. The molecule has 0 aliphatic rings. The van der Waals surface area contributed by atoms with E-state index in [1.54, 1.807) is 20.9 Å². The van der Waals surface area contributed by atoms with Gasteiger partial charge in [0.15, 0.2) is 0 Å². The monoisotopic (exact) mass is 237 g/mol. The van der Waals surface area contributed by atoms with Crippen molar-refractivity contribution in [3.63, 3.8) is 0 Å². The van der Waals surface area contributed by atoms with Crippen molar-refractivity contribution >= 4 is 15.9 Å². The summed E-state index contributed by atoms with van der Waals surface area (Å²) in [6.07, 6.45) is 0. The Hall–Kier alpha value is -0.660. The smallest absolute Gasteiger partial charge is 0.239 e. The van der Waals surface area contributed by atoms with Gasteiger partial charge in [0.2, 0.25) is 15.9 Å². The number of likely N-dealkylation sites (N-methyl/N-ethyl adjacent to an activating group) is 1. The molecule has 6 nitrogen and oxygen atoms in total. The van der Waals surface area contributed by atoms with Crippen molar-refractivity contribution in [3.8, 4) is 0 Å². The summed E-state index contributed by atoms with van der Waals surface area (Å²) >= 11 is 0. The quantitative estimate of drug-likeness (QED) is 0.533. The molecule has 0 aliphatic carbocycles. The van der Waals surface area contributed by atoms with E-state index in [2.05, 4.69) is 15.4 Å². The first-order valence-electron chi connectivity index (χ1n) is 4.63.